The SMILES string of the molecule is O=S(=O)(Nc1ccc(N2CCOCC2)nc1)c1cccc(F)c1. The first-order chi connectivity index (χ1) is 11.0. The van der Waals surface area contributed by atoms with Gasteiger partial charge in [0.15, 0.2) is 0 Å². The minimum Gasteiger partial charge on any atom is -0.378 e. The van der Waals surface area contributed by atoms with Crippen LogP contribution in [0.1, 0.15) is 0 Å². The summed E-state index contributed by atoms with van der Waals surface area (Å²) in [4.78, 5) is 6.20. The van der Waals surface area contributed by atoms with Crippen molar-refractivity contribution in [1.29, 1.82) is 0 Å². The first-order valence-electron chi connectivity index (χ1n) is 7.12. The number of nitrogens with zero attached hydrogens (tertiary/aromatic N) is 2. The van der Waals surface area contributed by atoms with Gasteiger partial charge in [0, 0.05) is 13.1 Å². The molecule has 0 radical (unpaired) electrons. The fourth-order valence-electron chi connectivity index (χ4n) is 2.27. The fourth-order valence-corrected chi connectivity index (χ4v) is 3.35. The maximum absolute atomic E-state index is 13.2. The largest absolute Gasteiger partial charge is 0.378 e. The number of nitrogens with one attached hydrogen (secondary N) is 1. The molecule has 1 aliphatic heterocycles. The van der Waals surface area contributed by atoms with Crippen molar-refractivity contribution in [3.63, 3.8) is 0 Å². The summed E-state index contributed by atoms with van der Waals surface area (Å²) in [6.45, 7) is 2.80. The molecule has 0 spiro atoms. The van der Waals surface area contributed by atoms with Gasteiger partial charge < -0.3 is 9.64 Å². The number of hydrogen-bond donors (Lipinski definition) is 1. The molecule has 0 bridgehead atoms. The van der Waals surface area contributed by atoms with Crippen molar-refractivity contribution in [3.8, 4) is 0 Å². The van der Waals surface area contributed by atoms with Crippen molar-refractivity contribution in [2.24, 2.45) is 0 Å². The van der Waals surface area contributed by atoms with Gasteiger partial charge in [0.1, 0.15) is 11.6 Å². The highest BCUT2D eigenvalue weighted by molar-refractivity contribution is 7.92. The van der Waals surface area contributed by atoms with Crippen LogP contribution in [0, 0.1) is 5.82 Å². The average molecular weight is 337 g/mol. The highest BCUT2D eigenvalue weighted by atomic mass is 32.2. The van der Waals surface area contributed by atoms with E-state index in [0.717, 1.165) is 25.0 Å². The molecular weight excluding hydrogens is 321 g/mol. The molecule has 23 heavy (non-hydrogen) atoms. The Kier molecular flexibility index (Phi) is 4.44. The van der Waals surface area contributed by atoms with E-state index in [1.807, 2.05) is 0 Å². The van der Waals surface area contributed by atoms with Crippen molar-refractivity contribution >= 4 is 21.5 Å². The third-order valence-electron chi connectivity index (χ3n) is 3.44. The summed E-state index contributed by atoms with van der Waals surface area (Å²) in [6, 6.07) is 8.23. The summed E-state index contributed by atoms with van der Waals surface area (Å²) >= 11 is 0. The number of morpholine rings is 1. The number of ether oxygens (including phenoxy) is 1. The zero-order valence-electron chi connectivity index (χ0n) is 12.3. The zero-order valence-corrected chi connectivity index (χ0v) is 13.1. The van der Waals surface area contributed by atoms with E-state index in [1.54, 1.807) is 12.1 Å². The molecule has 0 amide bonds. The first kappa shape index (κ1) is 15.7. The van der Waals surface area contributed by atoms with E-state index in [0.29, 0.717) is 18.9 Å². The molecule has 6 nitrogen and oxygen atoms in total. The Morgan fingerprint density at radius 2 is 1.96 bits per heavy atom. The highest BCUT2D eigenvalue weighted by Crippen LogP contribution is 2.19. The van der Waals surface area contributed by atoms with Gasteiger partial charge in [-0.25, -0.2) is 17.8 Å². The van der Waals surface area contributed by atoms with Crippen LogP contribution in [0.2, 0.25) is 0 Å². The Balaban J connectivity index is 1.75. The Labute approximate surface area is 134 Å². The van der Waals surface area contributed by atoms with Crippen LogP contribution >= 0.6 is 0 Å². The third kappa shape index (κ3) is 3.77. The summed E-state index contributed by atoms with van der Waals surface area (Å²) in [5.41, 5.74) is 0.325. The van der Waals surface area contributed by atoms with Crippen LogP contribution in [0.15, 0.2) is 47.5 Å². The lowest BCUT2D eigenvalue weighted by Crippen LogP contribution is -2.36. The van der Waals surface area contributed by atoms with Gasteiger partial charge in [-0.3, -0.25) is 4.72 Å². The van der Waals surface area contributed by atoms with Gasteiger partial charge in [-0.1, -0.05) is 6.07 Å². The number of benzene rings is 1. The lowest BCUT2D eigenvalue weighted by molar-refractivity contribution is 0.122. The molecule has 2 aromatic rings. The minimum absolute atomic E-state index is 0.130. The standard InChI is InChI=1S/C15H16FN3O3S/c16-12-2-1-3-14(10-12)23(20,21)18-13-4-5-15(17-11-13)19-6-8-22-9-7-19/h1-5,10-11,18H,6-9H2. The van der Waals surface area contributed by atoms with Gasteiger partial charge in [-0.2, -0.15) is 0 Å². The first-order valence-corrected chi connectivity index (χ1v) is 8.60. The molecule has 1 aliphatic rings. The molecule has 0 saturated carbocycles. The molecule has 2 heterocycles. The molecular formula is C15H16FN3O3S. The van der Waals surface area contributed by atoms with Crippen molar-refractivity contribution < 1.29 is 17.5 Å². The van der Waals surface area contributed by atoms with Gasteiger partial charge in [0.2, 0.25) is 0 Å². The van der Waals surface area contributed by atoms with Crippen molar-refractivity contribution in [3.05, 3.63) is 48.4 Å². The van der Waals surface area contributed by atoms with Crippen molar-refractivity contribution in [1.82, 2.24) is 4.98 Å². The highest BCUT2D eigenvalue weighted by Gasteiger charge is 2.16. The molecule has 1 aromatic carbocycles. The second-order valence-corrected chi connectivity index (χ2v) is 6.75. The maximum Gasteiger partial charge on any atom is 0.262 e. The van der Waals surface area contributed by atoms with E-state index in [-0.39, 0.29) is 4.90 Å². The zero-order chi connectivity index (χ0) is 16.3. The summed E-state index contributed by atoms with van der Waals surface area (Å²) in [5.74, 6) is 0.163. The van der Waals surface area contributed by atoms with E-state index in [2.05, 4.69) is 14.6 Å². The van der Waals surface area contributed by atoms with Gasteiger partial charge in [-0.15, -0.1) is 0 Å². The van der Waals surface area contributed by atoms with E-state index >= 15 is 0 Å². The second-order valence-electron chi connectivity index (χ2n) is 5.07. The van der Waals surface area contributed by atoms with Crippen LogP contribution < -0.4 is 9.62 Å². The lowest BCUT2D eigenvalue weighted by atomic mass is 10.3. The van der Waals surface area contributed by atoms with E-state index in [1.165, 1.54) is 24.4 Å². The molecule has 8 heteroatoms. The van der Waals surface area contributed by atoms with Gasteiger partial charge in [0.05, 0.1) is 30.0 Å². The Morgan fingerprint density at radius 1 is 1.17 bits per heavy atom. The van der Waals surface area contributed by atoms with Gasteiger partial charge >= 0.3 is 0 Å². The van der Waals surface area contributed by atoms with Gasteiger partial charge in [-0.05, 0) is 30.3 Å². The van der Waals surface area contributed by atoms with E-state index in [9.17, 15) is 12.8 Å². The topological polar surface area (TPSA) is 71.5 Å². The Morgan fingerprint density at radius 3 is 2.61 bits per heavy atom. The fraction of sp³-hybridized carbons (Fsp3) is 0.267. The number of halogens is 1. The van der Waals surface area contributed by atoms with Crippen LogP contribution in [0.5, 0.6) is 0 Å². The van der Waals surface area contributed by atoms with Crippen LogP contribution in [-0.2, 0) is 14.8 Å². The van der Waals surface area contributed by atoms with Crippen LogP contribution in [0.3, 0.4) is 0 Å². The molecule has 0 unspecified atom stereocenters. The number of rotatable bonds is 4. The maximum atomic E-state index is 13.2. The Bertz CT molecular complexity index is 775. The van der Waals surface area contributed by atoms with Crippen LogP contribution in [-0.4, -0.2) is 39.7 Å². The number of aromatic nitrogens is 1. The third-order valence-corrected chi connectivity index (χ3v) is 4.82. The lowest BCUT2D eigenvalue weighted by Gasteiger charge is -2.27. The normalized spacial score (nSPS) is 15.4. The predicted molar refractivity (Wildman–Crippen MR) is 84.5 cm³/mol. The quantitative estimate of drug-likeness (QED) is 0.922. The summed E-state index contributed by atoms with van der Waals surface area (Å²) < 4.78 is 45.3. The predicted octanol–water partition coefficient (Wildman–Crippen LogP) is 1.86. The Hall–Kier alpha value is -2.19. The molecule has 1 N–H and O–H groups in total. The van der Waals surface area contributed by atoms with Crippen molar-refractivity contribution in [2.75, 3.05) is 35.9 Å². The molecule has 1 aromatic heterocycles. The minimum atomic E-state index is -3.84. The van der Waals surface area contributed by atoms with Crippen LogP contribution in [0.4, 0.5) is 15.9 Å². The molecule has 0 atom stereocenters. The van der Waals surface area contributed by atoms with Crippen LogP contribution in [0.25, 0.3) is 0 Å². The summed E-state index contributed by atoms with van der Waals surface area (Å²) in [5, 5.41) is 0. The number of pyridine rings is 1. The molecule has 122 valence electrons. The van der Waals surface area contributed by atoms with E-state index in [4.69, 9.17) is 4.74 Å². The number of hydrogen-bond acceptors (Lipinski definition) is 5. The van der Waals surface area contributed by atoms with E-state index < -0.39 is 15.8 Å². The van der Waals surface area contributed by atoms with Crippen molar-refractivity contribution in [2.45, 2.75) is 4.90 Å². The number of sulfonamides is 1. The molecule has 1 fully saturated rings. The molecule has 1 saturated heterocycles. The molecule has 0 aliphatic carbocycles. The summed E-state index contributed by atoms with van der Waals surface area (Å²) in [7, 11) is -3.84. The molecule has 3 rings (SSSR count). The summed E-state index contributed by atoms with van der Waals surface area (Å²) in [6.07, 6.45) is 1.45. The smallest absolute Gasteiger partial charge is 0.262 e. The monoisotopic (exact) mass is 337 g/mol. The number of anilines is 2. The second kappa shape index (κ2) is 6.51. The van der Waals surface area contributed by atoms with Gasteiger partial charge in [0.25, 0.3) is 10.0 Å². The average Bonchev–Trinajstić information content (AvgIpc) is 2.56.